The second-order valence-corrected chi connectivity index (χ2v) is 5.86. The smallest absolute Gasteiger partial charge is 0.256 e. The Morgan fingerprint density at radius 1 is 1.33 bits per heavy atom. The van der Waals surface area contributed by atoms with Crippen LogP contribution in [0.15, 0.2) is 42.5 Å². The molecule has 126 valence electrons. The molecule has 0 radical (unpaired) electrons. The number of anilines is 1. The Morgan fingerprint density at radius 3 is 2.92 bits per heavy atom. The van der Waals surface area contributed by atoms with Crippen molar-refractivity contribution < 1.29 is 18.7 Å². The van der Waals surface area contributed by atoms with Crippen LogP contribution in [0.3, 0.4) is 0 Å². The lowest BCUT2D eigenvalue weighted by atomic mass is 10.1. The molecule has 1 N–H and O–H groups in total. The van der Waals surface area contributed by atoms with Crippen LogP contribution in [-0.2, 0) is 4.74 Å². The van der Waals surface area contributed by atoms with Crippen LogP contribution in [0.1, 0.15) is 28.8 Å². The van der Waals surface area contributed by atoms with Crippen LogP contribution >= 0.6 is 0 Å². The predicted octanol–water partition coefficient (Wildman–Crippen LogP) is 3.94. The van der Waals surface area contributed by atoms with Gasteiger partial charge in [-0.15, -0.1) is 0 Å². The summed E-state index contributed by atoms with van der Waals surface area (Å²) in [5.41, 5.74) is 1.72. The first kappa shape index (κ1) is 16.5. The molecule has 0 saturated carbocycles. The van der Waals surface area contributed by atoms with Gasteiger partial charge >= 0.3 is 0 Å². The third-order valence-corrected chi connectivity index (χ3v) is 4.03. The average molecular weight is 329 g/mol. The Kier molecular flexibility index (Phi) is 5.11. The van der Waals surface area contributed by atoms with Gasteiger partial charge in [0.05, 0.1) is 11.8 Å². The van der Waals surface area contributed by atoms with E-state index in [1.54, 1.807) is 12.1 Å². The van der Waals surface area contributed by atoms with Crippen LogP contribution in [-0.4, -0.2) is 25.2 Å². The Labute approximate surface area is 140 Å². The van der Waals surface area contributed by atoms with Gasteiger partial charge in [0.1, 0.15) is 18.2 Å². The summed E-state index contributed by atoms with van der Waals surface area (Å²) >= 11 is 0. The highest BCUT2D eigenvalue weighted by Crippen LogP contribution is 2.27. The second kappa shape index (κ2) is 7.45. The summed E-state index contributed by atoms with van der Waals surface area (Å²) in [6.07, 6.45) is 2.02. The molecular formula is C19H20FNO3. The van der Waals surface area contributed by atoms with Crippen molar-refractivity contribution in [1.29, 1.82) is 0 Å². The quantitative estimate of drug-likeness (QED) is 0.904. The van der Waals surface area contributed by atoms with Gasteiger partial charge < -0.3 is 14.8 Å². The summed E-state index contributed by atoms with van der Waals surface area (Å²) in [5.74, 6) is -0.283. The van der Waals surface area contributed by atoms with Crippen LogP contribution in [0.4, 0.5) is 10.1 Å². The molecule has 24 heavy (non-hydrogen) atoms. The fourth-order valence-electron chi connectivity index (χ4n) is 2.70. The number of amides is 1. The molecule has 0 aromatic heterocycles. The van der Waals surface area contributed by atoms with Crippen molar-refractivity contribution in [3.05, 3.63) is 59.4 Å². The van der Waals surface area contributed by atoms with Gasteiger partial charge in [-0.3, -0.25) is 4.79 Å². The van der Waals surface area contributed by atoms with Gasteiger partial charge in [0.2, 0.25) is 0 Å². The lowest BCUT2D eigenvalue weighted by Crippen LogP contribution is -2.18. The van der Waals surface area contributed by atoms with E-state index < -0.39 is 5.82 Å². The van der Waals surface area contributed by atoms with Crippen LogP contribution < -0.4 is 10.1 Å². The van der Waals surface area contributed by atoms with Gasteiger partial charge in [-0.2, -0.15) is 0 Å². The molecule has 4 nitrogen and oxygen atoms in total. The number of benzene rings is 2. The molecule has 1 fully saturated rings. The molecule has 1 atom stereocenters. The third-order valence-electron chi connectivity index (χ3n) is 4.03. The number of nitrogens with one attached hydrogen (secondary N) is 1. The van der Waals surface area contributed by atoms with E-state index in [9.17, 15) is 9.18 Å². The van der Waals surface area contributed by atoms with Crippen LogP contribution in [0.5, 0.6) is 5.75 Å². The molecule has 0 bridgehead atoms. The average Bonchev–Trinajstić information content (AvgIpc) is 3.08. The van der Waals surface area contributed by atoms with E-state index in [4.69, 9.17) is 9.47 Å². The Morgan fingerprint density at radius 2 is 2.17 bits per heavy atom. The molecule has 1 aliphatic rings. The summed E-state index contributed by atoms with van der Waals surface area (Å²) in [6.45, 7) is 2.99. The minimum absolute atomic E-state index is 0.0509. The van der Waals surface area contributed by atoms with Gasteiger partial charge in [0.25, 0.3) is 5.91 Å². The van der Waals surface area contributed by atoms with Crippen molar-refractivity contribution in [1.82, 2.24) is 0 Å². The first-order chi connectivity index (χ1) is 11.6. The zero-order valence-corrected chi connectivity index (χ0v) is 13.5. The molecule has 1 heterocycles. The normalized spacial score (nSPS) is 16.8. The van der Waals surface area contributed by atoms with Crippen LogP contribution in [0.2, 0.25) is 0 Å². The van der Waals surface area contributed by atoms with E-state index >= 15 is 0 Å². The lowest BCUT2D eigenvalue weighted by Gasteiger charge is -2.15. The maximum atomic E-state index is 13.6. The fraction of sp³-hybridized carbons (Fsp3) is 0.316. The third kappa shape index (κ3) is 3.92. The van der Waals surface area contributed by atoms with Crippen molar-refractivity contribution in [3.63, 3.8) is 0 Å². The van der Waals surface area contributed by atoms with E-state index in [1.165, 1.54) is 18.2 Å². The SMILES string of the molecule is Cc1ccccc1C(=O)Nc1cc(F)ccc1OC[C@H]1CCCO1. The Balaban J connectivity index is 1.75. The summed E-state index contributed by atoms with van der Waals surface area (Å²) in [4.78, 5) is 12.4. The molecule has 0 aliphatic carbocycles. The number of aryl methyl sites for hydroxylation is 1. The molecular weight excluding hydrogens is 309 g/mol. The number of halogens is 1. The Bertz CT molecular complexity index is 726. The van der Waals surface area contributed by atoms with Gasteiger partial charge in [0, 0.05) is 18.2 Å². The lowest BCUT2D eigenvalue weighted by molar-refractivity contribution is 0.0681. The standard InChI is InChI=1S/C19H20FNO3/c1-13-5-2-3-7-16(13)19(22)21-17-11-14(20)8-9-18(17)24-12-15-6-4-10-23-15/h2-3,5,7-9,11,15H,4,6,10,12H2,1H3,(H,21,22)/t15-/m1/s1. The monoisotopic (exact) mass is 329 g/mol. The number of rotatable bonds is 5. The largest absolute Gasteiger partial charge is 0.489 e. The van der Waals surface area contributed by atoms with Gasteiger partial charge in [-0.05, 0) is 43.5 Å². The zero-order chi connectivity index (χ0) is 16.9. The highest BCUT2D eigenvalue weighted by molar-refractivity contribution is 6.05. The summed E-state index contributed by atoms with van der Waals surface area (Å²) < 4.78 is 24.8. The van der Waals surface area contributed by atoms with Crippen molar-refractivity contribution in [2.24, 2.45) is 0 Å². The fourth-order valence-corrected chi connectivity index (χ4v) is 2.70. The van der Waals surface area contributed by atoms with E-state index in [0.717, 1.165) is 25.0 Å². The minimum Gasteiger partial charge on any atom is -0.489 e. The topological polar surface area (TPSA) is 47.6 Å². The highest BCUT2D eigenvalue weighted by atomic mass is 19.1. The number of ether oxygens (including phenoxy) is 2. The van der Waals surface area contributed by atoms with Crippen molar-refractivity contribution in [3.8, 4) is 5.75 Å². The second-order valence-electron chi connectivity index (χ2n) is 5.86. The van der Waals surface area contributed by atoms with Crippen LogP contribution in [0, 0.1) is 12.7 Å². The maximum Gasteiger partial charge on any atom is 0.256 e. The van der Waals surface area contributed by atoms with Crippen molar-refractivity contribution in [2.45, 2.75) is 25.9 Å². The molecule has 5 heteroatoms. The first-order valence-corrected chi connectivity index (χ1v) is 8.04. The molecule has 3 rings (SSSR count). The minimum atomic E-state index is -0.431. The molecule has 0 spiro atoms. The number of hydrogen-bond acceptors (Lipinski definition) is 3. The number of carbonyl (C=O) groups is 1. The van der Waals surface area contributed by atoms with E-state index in [-0.39, 0.29) is 12.0 Å². The van der Waals surface area contributed by atoms with Crippen molar-refractivity contribution >= 4 is 11.6 Å². The predicted molar refractivity (Wildman–Crippen MR) is 90.0 cm³/mol. The molecule has 0 unspecified atom stereocenters. The van der Waals surface area contributed by atoms with E-state index in [1.807, 2.05) is 19.1 Å². The molecule has 2 aromatic carbocycles. The van der Waals surface area contributed by atoms with E-state index in [2.05, 4.69) is 5.32 Å². The number of hydrogen-bond donors (Lipinski definition) is 1. The highest BCUT2D eigenvalue weighted by Gasteiger charge is 2.18. The van der Waals surface area contributed by atoms with Gasteiger partial charge in [0.15, 0.2) is 0 Å². The van der Waals surface area contributed by atoms with Crippen molar-refractivity contribution in [2.75, 3.05) is 18.5 Å². The molecule has 1 saturated heterocycles. The Hall–Kier alpha value is -2.40. The zero-order valence-electron chi connectivity index (χ0n) is 13.5. The first-order valence-electron chi connectivity index (χ1n) is 8.04. The molecule has 1 aliphatic heterocycles. The van der Waals surface area contributed by atoms with E-state index in [0.29, 0.717) is 23.6 Å². The molecule has 1 amide bonds. The summed E-state index contributed by atoms with van der Waals surface area (Å²) in [5, 5.41) is 2.74. The summed E-state index contributed by atoms with van der Waals surface area (Å²) in [6, 6.07) is 11.4. The van der Waals surface area contributed by atoms with Crippen LogP contribution in [0.25, 0.3) is 0 Å². The number of carbonyl (C=O) groups excluding carboxylic acids is 1. The molecule has 2 aromatic rings. The van der Waals surface area contributed by atoms with Gasteiger partial charge in [-0.25, -0.2) is 4.39 Å². The maximum absolute atomic E-state index is 13.6. The summed E-state index contributed by atoms with van der Waals surface area (Å²) in [7, 11) is 0. The van der Waals surface area contributed by atoms with Gasteiger partial charge in [-0.1, -0.05) is 18.2 Å².